The number of hydrogen-bond acceptors (Lipinski definition) is 3. The van der Waals surface area contributed by atoms with Crippen LogP contribution < -0.4 is 5.32 Å². The van der Waals surface area contributed by atoms with E-state index in [-0.39, 0.29) is 11.8 Å². The second-order valence-electron chi connectivity index (χ2n) is 5.63. The van der Waals surface area contributed by atoms with E-state index in [0.717, 1.165) is 23.3 Å². The van der Waals surface area contributed by atoms with Gasteiger partial charge in [-0.1, -0.05) is 37.3 Å². The van der Waals surface area contributed by atoms with Crippen molar-refractivity contribution in [1.82, 2.24) is 15.1 Å². The normalized spacial score (nSPS) is 12.0. The van der Waals surface area contributed by atoms with Crippen molar-refractivity contribution >= 4 is 5.91 Å². The SMILES string of the molecule is CCC(C(=O)NCCn1cc(-c2ccco2)cn1)c1ccccc1. The van der Waals surface area contributed by atoms with Gasteiger partial charge < -0.3 is 9.73 Å². The van der Waals surface area contributed by atoms with Crippen LogP contribution in [0.25, 0.3) is 11.3 Å². The molecule has 0 bridgehead atoms. The smallest absolute Gasteiger partial charge is 0.227 e. The highest BCUT2D eigenvalue weighted by Gasteiger charge is 2.17. The molecule has 3 rings (SSSR count). The zero-order valence-corrected chi connectivity index (χ0v) is 13.7. The second-order valence-corrected chi connectivity index (χ2v) is 5.63. The molecule has 3 aromatic rings. The molecule has 5 heteroatoms. The molecule has 2 aromatic heterocycles. The maximum Gasteiger partial charge on any atom is 0.227 e. The maximum atomic E-state index is 12.4. The Morgan fingerprint density at radius 2 is 2.08 bits per heavy atom. The molecule has 1 atom stereocenters. The van der Waals surface area contributed by atoms with E-state index in [9.17, 15) is 4.79 Å². The molecule has 0 aliphatic carbocycles. The molecule has 2 heterocycles. The van der Waals surface area contributed by atoms with Gasteiger partial charge >= 0.3 is 0 Å². The Labute approximate surface area is 141 Å². The molecule has 5 nitrogen and oxygen atoms in total. The van der Waals surface area contributed by atoms with Gasteiger partial charge in [-0.2, -0.15) is 5.10 Å². The lowest BCUT2D eigenvalue weighted by atomic mass is 9.96. The Hall–Kier alpha value is -2.82. The lowest BCUT2D eigenvalue weighted by Crippen LogP contribution is -2.31. The third-order valence-corrected chi connectivity index (χ3v) is 4.01. The van der Waals surface area contributed by atoms with E-state index in [0.29, 0.717) is 13.1 Å². The first kappa shape index (κ1) is 16.1. The van der Waals surface area contributed by atoms with Crippen LogP contribution >= 0.6 is 0 Å². The van der Waals surface area contributed by atoms with Crippen molar-refractivity contribution in [2.24, 2.45) is 0 Å². The van der Waals surface area contributed by atoms with Crippen LogP contribution in [0.2, 0.25) is 0 Å². The van der Waals surface area contributed by atoms with Crippen molar-refractivity contribution in [2.75, 3.05) is 6.54 Å². The number of rotatable bonds is 7. The predicted octanol–water partition coefficient (Wildman–Crippen LogP) is 3.45. The first-order valence-electron chi connectivity index (χ1n) is 8.17. The summed E-state index contributed by atoms with van der Waals surface area (Å²) in [6.45, 7) is 3.19. The average molecular weight is 323 g/mol. The van der Waals surface area contributed by atoms with Gasteiger partial charge in [0.25, 0.3) is 0 Å². The molecular formula is C19H21N3O2. The number of carbonyl (C=O) groups excluding carboxylic acids is 1. The van der Waals surface area contributed by atoms with Crippen molar-refractivity contribution < 1.29 is 9.21 Å². The number of benzene rings is 1. The molecule has 1 N–H and O–H groups in total. The van der Waals surface area contributed by atoms with Gasteiger partial charge in [0.05, 0.1) is 30.5 Å². The van der Waals surface area contributed by atoms with Crippen LogP contribution in [0, 0.1) is 0 Å². The molecule has 24 heavy (non-hydrogen) atoms. The Bertz CT molecular complexity index is 763. The van der Waals surface area contributed by atoms with Crippen molar-refractivity contribution in [2.45, 2.75) is 25.8 Å². The van der Waals surface area contributed by atoms with Gasteiger partial charge in [0.2, 0.25) is 5.91 Å². The van der Waals surface area contributed by atoms with Crippen LogP contribution in [0.4, 0.5) is 0 Å². The summed E-state index contributed by atoms with van der Waals surface area (Å²) in [7, 11) is 0. The standard InChI is InChI=1S/C19H21N3O2/c1-2-17(15-7-4-3-5-8-15)19(23)20-10-11-22-14-16(13-21-22)18-9-6-12-24-18/h3-9,12-14,17H,2,10-11H2,1H3,(H,20,23). The summed E-state index contributed by atoms with van der Waals surface area (Å²) in [5.74, 6) is 0.741. The molecular weight excluding hydrogens is 302 g/mol. The topological polar surface area (TPSA) is 60.1 Å². The Balaban J connectivity index is 1.53. The molecule has 0 saturated carbocycles. The minimum absolute atomic E-state index is 0.0575. The fourth-order valence-corrected chi connectivity index (χ4v) is 2.73. The van der Waals surface area contributed by atoms with Gasteiger partial charge in [-0.25, -0.2) is 0 Å². The zero-order valence-electron chi connectivity index (χ0n) is 13.7. The summed E-state index contributed by atoms with van der Waals surface area (Å²) in [5.41, 5.74) is 1.98. The predicted molar refractivity (Wildman–Crippen MR) is 92.4 cm³/mol. The highest BCUT2D eigenvalue weighted by Crippen LogP contribution is 2.19. The molecule has 1 amide bonds. The lowest BCUT2D eigenvalue weighted by Gasteiger charge is -2.15. The van der Waals surface area contributed by atoms with E-state index in [1.807, 2.05) is 60.3 Å². The van der Waals surface area contributed by atoms with Gasteiger partial charge in [-0.3, -0.25) is 9.48 Å². The molecule has 0 fully saturated rings. The molecule has 1 aromatic carbocycles. The molecule has 1 unspecified atom stereocenters. The summed E-state index contributed by atoms with van der Waals surface area (Å²) in [5, 5.41) is 7.30. The number of furan rings is 1. The minimum Gasteiger partial charge on any atom is -0.464 e. The Morgan fingerprint density at radius 1 is 1.25 bits per heavy atom. The van der Waals surface area contributed by atoms with Crippen molar-refractivity contribution in [1.29, 1.82) is 0 Å². The summed E-state index contributed by atoms with van der Waals surface area (Å²) in [4.78, 5) is 12.4. The van der Waals surface area contributed by atoms with Crippen LogP contribution in [0.15, 0.2) is 65.5 Å². The Kier molecular flexibility index (Phi) is 5.11. The van der Waals surface area contributed by atoms with Gasteiger partial charge in [0.15, 0.2) is 0 Å². The third kappa shape index (κ3) is 3.74. The number of carbonyl (C=O) groups is 1. The highest BCUT2D eigenvalue weighted by atomic mass is 16.3. The molecule has 124 valence electrons. The first-order chi connectivity index (χ1) is 11.8. The summed E-state index contributed by atoms with van der Waals surface area (Å²) in [6.07, 6.45) is 6.10. The van der Waals surface area contributed by atoms with Crippen LogP contribution in [-0.4, -0.2) is 22.2 Å². The number of nitrogens with zero attached hydrogens (tertiary/aromatic N) is 2. The number of nitrogens with one attached hydrogen (secondary N) is 1. The number of amides is 1. The highest BCUT2D eigenvalue weighted by molar-refractivity contribution is 5.83. The van der Waals surface area contributed by atoms with E-state index in [2.05, 4.69) is 10.4 Å². The van der Waals surface area contributed by atoms with Crippen LogP contribution in [0.1, 0.15) is 24.8 Å². The van der Waals surface area contributed by atoms with E-state index < -0.39 is 0 Å². The van der Waals surface area contributed by atoms with E-state index in [1.54, 1.807) is 12.5 Å². The van der Waals surface area contributed by atoms with Crippen molar-refractivity contribution in [3.05, 3.63) is 66.7 Å². The van der Waals surface area contributed by atoms with Gasteiger partial charge in [-0.15, -0.1) is 0 Å². The summed E-state index contributed by atoms with van der Waals surface area (Å²) in [6, 6.07) is 13.6. The first-order valence-corrected chi connectivity index (χ1v) is 8.17. The summed E-state index contributed by atoms with van der Waals surface area (Å²) < 4.78 is 7.15. The third-order valence-electron chi connectivity index (χ3n) is 4.01. The zero-order chi connectivity index (χ0) is 16.8. The molecule has 0 aliphatic heterocycles. The van der Waals surface area contributed by atoms with Gasteiger partial charge in [0.1, 0.15) is 5.76 Å². The summed E-state index contributed by atoms with van der Waals surface area (Å²) >= 11 is 0. The van der Waals surface area contributed by atoms with Crippen LogP contribution in [0.3, 0.4) is 0 Å². The van der Waals surface area contributed by atoms with Crippen molar-refractivity contribution in [3.8, 4) is 11.3 Å². The van der Waals surface area contributed by atoms with Crippen LogP contribution in [0.5, 0.6) is 0 Å². The Morgan fingerprint density at radius 3 is 2.79 bits per heavy atom. The minimum atomic E-state index is -0.109. The van der Waals surface area contributed by atoms with E-state index >= 15 is 0 Å². The lowest BCUT2D eigenvalue weighted by molar-refractivity contribution is -0.122. The fraction of sp³-hybridized carbons (Fsp3) is 0.263. The van der Waals surface area contributed by atoms with E-state index in [1.165, 1.54) is 0 Å². The largest absolute Gasteiger partial charge is 0.464 e. The molecule has 0 radical (unpaired) electrons. The molecule has 0 saturated heterocycles. The quantitative estimate of drug-likeness (QED) is 0.724. The average Bonchev–Trinajstić information content (AvgIpc) is 3.28. The van der Waals surface area contributed by atoms with Gasteiger partial charge in [-0.05, 0) is 24.1 Å². The second kappa shape index (κ2) is 7.64. The molecule has 0 aliphatic rings. The fourth-order valence-electron chi connectivity index (χ4n) is 2.73. The van der Waals surface area contributed by atoms with Crippen LogP contribution in [-0.2, 0) is 11.3 Å². The molecule has 0 spiro atoms. The monoisotopic (exact) mass is 323 g/mol. The number of aromatic nitrogens is 2. The number of hydrogen-bond donors (Lipinski definition) is 1. The van der Waals surface area contributed by atoms with E-state index in [4.69, 9.17) is 4.42 Å². The van der Waals surface area contributed by atoms with Gasteiger partial charge in [0, 0.05) is 12.7 Å². The maximum absolute atomic E-state index is 12.4. The van der Waals surface area contributed by atoms with Crippen molar-refractivity contribution in [3.63, 3.8) is 0 Å².